The number of methoxy groups -OCH3 is 1. The predicted octanol–water partition coefficient (Wildman–Crippen LogP) is 4.09. The molecule has 6 nitrogen and oxygen atoms in total. The maximum Gasteiger partial charge on any atom is 0.307 e. The zero-order valence-electron chi connectivity index (χ0n) is 14.7. The van der Waals surface area contributed by atoms with Gasteiger partial charge in [-0.2, -0.15) is 0 Å². The van der Waals surface area contributed by atoms with Crippen LogP contribution < -0.4 is 10.1 Å². The van der Waals surface area contributed by atoms with E-state index in [1.54, 1.807) is 44.6 Å². The van der Waals surface area contributed by atoms with Crippen LogP contribution in [-0.2, 0) is 16.1 Å². The molecule has 0 amide bonds. The fourth-order valence-corrected chi connectivity index (χ4v) is 2.71. The molecule has 0 unspecified atom stereocenters. The third-order valence-corrected chi connectivity index (χ3v) is 4.10. The van der Waals surface area contributed by atoms with Crippen LogP contribution in [0.1, 0.15) is 19.1 Å². The first-order valence-electron chi connectivity index (χ1n) is 8.11. The number of thiocarbonyl (C=S) groups is 1. The van der Waals surface area contributed by atoms with Gasteiger partial charge in [0.05, 0.1) is 38.6 Å². The number of furan rings is 1. The van der Waals surface area contributed by atoms with Crippen molar-refractivity contribution < 1.29 is 18.7 Å². The average Bonchev–Trinajstić information content (AvgIpc) is 3.12. The maximum absolute atomic E-state index is 11.7. The summed E-state index contributed by atoms with van der Waals surface area (Å²) < 4.78 is 15.7. The molecule has 140 valence electrons. The van der Waals surface area contributed by atoms with Crippen LogP contribution in [0.25, 0.3) is 0 Å². The van der Waals surface area contributed by atoms with Crippen molar-refractivity contribution in [1.29, 1.82) is 0 Å². The summed E-state index contributed by atoms with van der Waals surface area (Å²) in [4.78, 5) is 13.5. The van der Waals surface area contributed by atoms with Gasteiger partial charge in [0.25, 0.3) is 0 Å². The molecule has 0 bridgehead atoms. The molecular weight excluding hydrogens is 376 g/mol. The van der Waals surface area contributed by atoms with Gasteiger partial charge in [0, 0.05) is 11.6 Å². The van der Waals surface area contributed by atoms with Gasteiger partial charge in [0.15, 0.2) is 5.11 Å². The highest BCUT2D eigenvalue weighted by Gasteiger charge is 2.16. The van der Waals surface area contributed by atoms with Crippen LogP contribution in [0.5, 0.6) is 5.75 Å². The van der Waals surface area contributed by atoms with Crippen molar-refractivity contribution in [2.75, 3.05) is 25.6 Å². The first kappa shape index (κ1) is 20.1. The van der Waals surface area contributed by atoms with E-state index in [1.807, 2.05) is 11.0 Å². The minimum absolute atomic E-state index is 0.211. The van der Waals surface area contributed by atoms with E-state index in [4.69, 9.17) is 37.7 Å². The summed E-state index contributed by atoms with van der Waals surface area (Å²) in [7, 11) is 1.57. The molecule has 1 aromatic heterocycles. The number of nitrogens with one attached hydrogen (secondary N) is 1. The molecule has 1 N–H and O–H groups in total. The molecule has 1 heterocycles. The largest absolute Gasteiger partial charge is 0.495 e. The van der Waals surface area contributed by atoms with E-state index < -0.39 is 0 Å². The van der Waals surface area contributed by atoms with Crippen molar-refractivity contribution in [3.05, 3.63) is 47.4 Å². The highest BCUT2D eigenvalue weighted by Crippen LogP contribution is 2.28. The van der Waals surface area contributed by atoms with Crippen molar-refractivity contribution >= 4 is 40.6 Å². The van der Waals surface area contributed by atoms with Crippen LogP contribution >= 0.6 is 23.8 Å². The van der Waals surface area contributed by atoms with Gasteiger partial charge in [-0.25, -0.2) is 0 Å². The van der Waals surface area contributed by atoms with Crippen molar-refractivity contribution in [2.45, 2.75) is 19.9 Å². The Hall–Kier alpha value is -2.25. The van der Waals surface area contributed by atoms with Crippen LogP contribution in [0.2, 0.25) is 5.02 Å². The predicted molar refractivity (Wildman–Crippen MR) is 105 cm³/mol. The summed E-state index contributed by atoms with van der Waals surface area (Å²) >= 11 is 11.6. The highest BCUT2D eigenvalue weighted by molar-refractivity contribution is 7.80. The van der Waals surface area contributed by atoms with Crippen molar-refractivity contribution in [3.8, 4) is 5.75 Å². The number of esters is 1. The Kier molecular flexibility index (Phi) is 7.74. The van der Waals surface area contributed by atoms with Crippen LogP contribution in [0.4, 0.5) is 5.69 Å². The standard InChI is InChI=1S/C18H21ClN2O4S/c1-3-24-17(22)8-9-21(12-14-5-4-10-25-14)18(26)20-15-11-13(19)6-7-16(15)23-2/h4-7,10-11H,3,8-9,12H2,1-2H3,(H,20,26). The van der Waals surface area contributed by atoms with Gasteiger partial charge in [-0.05, 0) is 49.5 Å². The number of hydrogen-bond acceptors (Lipinski definition) is 5. The van der Waals surface area contributed by atoms with E-state index >= 15 is 0 Å². The topological polar surface area (TPSA) is 63.9 Å². The molecule has 0 radical (unpaired) electrons. The molecule has 8 heteroatoms. The van der Waals surface area contributed by atoms with E-state index in [1.165, 1.54) is 0 Å². The van der Waals surface area contributed by atoms with Crippen LogP contribution in [0, 0.1) is 0 Å². The number of rotatable bonds is 8. The summed E-state index contributed by atoms with van der Waals surface area (Å²) in [5, 5.41) is 4.10. The van der Waals surface area contributed by atoms with Gasteiger partial charge in [-0.1, -0.05) is 11.6 Å². The highest BCUT2D eigenvalue weighted by atomic mass is 35.5. The molecule has 2 rings (SSSR count). The molecular formula is C18H21ClN2O4S. The van der Waals surface area contributed by atoms with Gasteiger partial charge in [0.2, 0.25) is 0 Å². The lowest BCUT2D eigenvalue weighted by Crippen LogP contribution is -2.36. The lowest BCUT2D eigenvalue weighted by Gasteiger charge is -2.25. The molecule has 0 aliphatic carbocycles. The Balaban J connectivity index is 2.11. The van der Waals surface area contributed by atoms with Crippen molar-refractivity contribution in [1.82, 2.24) is 4.90 Å². The van der Waals surface area contributed by atoms with E-state index in [-0.39, 0.29) is 12.4 Å². The first-order chi connectivity index (χ1) is 12.5. The van der Waals surface area contributed by atoms with Crippen LogP contribution in [0.15, 0.2) is 41.0 Å². The number of anilines is 1. The van der Waals surface area contributed by atoms with Gasteiger partial charge >= 0.3 is 5.97 Å². The Labute approximate surface area is 163 Å². The Morgan fingerprint density at radius 2 is 2.19 bits per heavy atom. The second kappa shape index (κ2) is 10.0. The molecule has 2 aromatic rings. The number of ether oxygens (including phenoxy) is 2. The van der Waals surface area contributed by atoms with E-state index in [0.29, 0.717) is 41.3 Å². The van der Waals surface area contributed by atoms with Crippen LogP contribution in [0.3, 0.4) is 0 Å². The third kappa shape index (κ3) is 5.93. The molecule has 0 aliphatic rings. The summed E-state index contributed by atoms with van der Waals surface area (Å²) in [5.74, 6) is 1.07. The van der Waals surface area contributed by atoms with Gasteiger partial charge in [-0.15, -0.1) is 0 Å². The number of carbonyl (C=O) groups is 1. The quantitative estimate of drug-likeness (QED) is 0.532. The Morgan fingerprint density at radius 3 is 2.85 bits per heavy atom. The van der Waals surface area contributed by atoms with E-state index in [2.05, 4.69) is 5.32 Å². The number of hydrogen-bond donors (Lipinski definition) is 1. The number of halogens is 1. The number of nitrogens with zero attached hydrogens (tertiary/aromatic N) is 1. The zero-order chi connectivity index (χ0) is 18.9. The Morgan fingerprint density at radius 1 is 1.38 bits per heavy atom. The minimum Gasteiger partial charge on any atom is -0.495 e. The molecule has 26 heavy (non-hydrogen) atoms. The second-order valence-corrected chi connectivity index (χ2v) is 6.15. The molecule has 0 spiro atoms. The fourth-order valence-electron chi connectivity index (χ4n) is 2.27. The van der Waals surface area contributed by atoms with Crippen molar-refractivity contribution in [2.24, 2.45) is 0 Å². The molecule has 0 aliphatic heterocycles. The lowest BCUT2D eigenvalue weighted by atomic mass is 10.3. The maximum atomic E-state index is 11.7. The molecule has 1 aromatic carbocycles. The normalized spacial score (nSPS) is 10.3. The van der Waals surface area contributed by atoms with Gasteiger partial charge in [-0.3, -0.25) is 4.79 Å². The number of carbonyl (C=O) groups excluding carboxylic acids is 1. The lowest BCUT2D eigenvalue weighted by molar-refractivity contribution is -0.143. The van der Waals surface area contributed by atoms with E-state index in [0.717, 1.165) is 5.76 Å². The molecule has 0 saturated heterocycles. The van der Waals surface area contributed by atoms with Crippen LogP contribution in [-0.4, -0.2) is 36.2 Å². The van der Waals surface area contributed by atoms with Crippen molar-refractivity contribution in [3.63, 3.8) is 0 Å². The SMILES string of the molecule is CCOC(=O)CCN(Cc1ccco1)C(=S)Nc1cc(Cl)ccc1OC. The van der Waals surface area contributed by atoms with Gasteiger partial charge < -0.3 is 24.1 Å². The van der Waals surface area contributed by atoms with Gasteiger partial charge in [0.1, 0.15) is 11.5 Å². The van der Waals surface area contributed by atoms with E-state index in [9.17, 15) is 4.79 Å². The summed E-state index contributed by atoms with van der Waals surface area (Å²) in [5.41, 5.74) is 0.644. The average molecular weight is 397 g/mol. The Bertz CT molecular complexity index is 737. The molecule has 0 fully saturated rings. The third-order valence-electron chi connectivity index (χ3n) is 3.51. The molecule has 0 atom stereocenters. The molecule has 0 saturated carbocycles. The smallest absolute Gasteiger partial charge is 0.307 e. The fraction of sp³-hybridized carbons (Fsp3) is 0.333. The summed E-state index contributed by atoms with van der Waals surface area (Å²) in [6.45, 7) is 2.92. The summed E-state index contributed by atoms with van der Waals surface area (Å²) in [6.07, 6.45) is 1.80. The summed E-state index contributed by atoms with van der Waals surface area (Å²) in [6, 6.07) is 8.86. The number of benzene rings is 1. The first-order valence-corrected chi connectivity index (χ1v) is 8.89. The second-order valence-electron chi connectivity index (χ2n) is 5.33. The minimum atomic E-state index is -0.278. The monoisotopic (exact) mass is 396 g/mol. The zero-order valence-corrected chi connectivity index (χ0v) is 16.2.